The molecule has 7 heteroatoms. The summed E-state index contributed by atoms with van der Waals surface area (Å²) in [5.41, 5.74) is 3.11. The van der Waals surface area contributed by atoms with Gasteiger partial charge in [0.2, 0.25) is 5.91 Å². The van der Waals surface area contributed by atoms with Gasteiger partial charge in [-0.2, -0.15) is 5.10 Å². The molecular weight excluding hydrogens is 340 g/mol. The van der Waals surface area contributed by atoms with Crippen molar-refractivity contribution in [1.29, 1.82) is 0 Å². The number of nitrogens with zero attached hydrogens (tertiary/aromatic N) is 5. The van der Waals surface area contributed by atoms with Crippen molar-refractivity contribution in [3.05, 3.63) is 54.6 Å². The summed E-state index contributed by atoms with van der Waals surface area (Å²) >= 11 is 0. The minimum absolute atomic E-state index is 0.0190. The van der Waals surface area contributed by atoms with E-state index < -0.39 is 0 Å². The van der Waals surface area contributed by atoms with Crippen molar-refractivity contribution in [2.24, 2.45) is 0 Å². The van der Waals surface area contributed by atoms with Gasteiger partial charge >= 0.3 is 0 Å². The second kappa shape index (κ2) is 7.73. The number of piperidine rings is 1. The highest BCUT2D eigenvalue weighted by Crippen LogP contribution is 2.35. The Balaban J connectivity index is 1.60. The zero-order valence-electron chi connectivity index (χ0n) is 15.5. The van der Waals surface area contributed by atoms with Crippen LogP contribution in [0.15, 0.2) is 43.1 Å². The van der Waals surface area contributed by atoms with E-state index in [9.17, 15) is 4.79 Å². The summed E-state index contributed by atoms with van der Waals surface area (Å²) in [7, 11) is 0. The molecule has 4 rings (SSSR count). The van der Waals surface area contributed by atoms with E-state index in [1.54, 1.807) is 18.6 Å². The number of pyridine rings is 1. The quantitative estimate of drug-likeness (QED) is 0.755. The number of H-pyrrole nitrogens is 1. The summed E-state index contributed by atoms with van der Waals surface area (Å²) in [4.78, 5) is 23.5. The SMILES string of the molecule is CCc1nccn1CC(=O)N1CCCC[C@@H]1c1[nH]ncc1-c1ccncc1. The molecule has 1 aliphatic rings. The molecule has 1 saturated heterocycles. The van der Waals surface area contributed by atoms with Crippen LogP contribution in [0.25, 0.3) is 11.1 Å². The van der Waals surface area contributed by atoms with Crippen LogP contribution in [0.1, 0.15) is 43.7 Å². The van der Waals surface area contributed by atoms with Gasteiger partial charge in [0.1, 0.15) is 12.4 Å². The zero-order valence-corrected chi connectivity index (χ0v) is 15.5. The first kappa shape index (κ1) is 17.5. The largest absolute Gasteiger partial charge is 0.333 e. The number of nitrogens with one attached hydrogen (secondary N) is 1. The van der Waals surface area contributed by atoms with Crippen molar-refractivity contribution in [2.75, 3.05) is 6.54 Å². The number of hydrogen-bond acceptors (Lipinski definition) is 4. The van der Waals surface area contributed by atoms with E-state index in [4.69, 9.17) is 0 Å². The lowest BCUT2D eigenvalue weighted by molar-refractivity contribution is -0.135. The van der Waals surface area contributed by atoms with Crippen LogP contribution in [0.3, 0.4) is 0 Å². The molecule has 7 nitrogen and oxygen atoms in total. The summed E-state index contributed by atoms with van der Waals surface area (Å²) in [5.74, 6) is 1.07. The Morgan fingerprint density at radius 3 is 2.93 bits per heavy atom. The maximum Gasteiger partial charge on any atom is 0.243 e. The predicted octanol–water partition coefficient (Wildman–Crippen LogP) is 2.98. The van der Waals surface area contributed by atoms with Gasteiger partial charge in [-0.1, -0.05) is 6.92 Å². The monoisotopic (exact) mass is 364 g/mol. The van der Waals surface area contributed by atoms with Crippen LogP contribution in [0.2, 0.25) is 0 Å². The molecule has 27 heavy (non-hydrogen) atoms. The number of amides is 1. The van der Waals surface area contributed by atoms with Gasteiger partial charge in [-0.3, -0.25) is 14.9 Å². The number of aryl methyl sites for hydroxylation is 1. The van der Waals surface area contributed by atoms with E-state index in [-0.39, 0.29) is 11.9 Å². The van der Waals surface area contributed by atoms with Gasteiger partial charge in [-0.25, -0.2) is 4.98 Å². The van der Waals surface area contributed by atoms with Gasteiger partial charge in [-0.15, -0.1) is 0 Å². The van der Waals surface area contributed by atoms with Crippen LogP contribution < -0.4 is 0 Å². The topological polar surface area (TPSA) is 79.7 Å². The average Bonchev–Trinajstić information content (AvgIpc) is 3.38. The molecule has 0 bridgehead atoms. The van der Waals surface area contributed by atoms with Gasteiger partial charge < -0.3 is 9.47 Å². The van der Waals surface area contributed by atoms with Gasteiger partial charge in [0.05, 0.1) is 17.9 Å². The number of imidazole rings is 1. The third-order valence-electron chi connectivity index (χ3n) is 5.24. The molecule has 1 fully saturated rings. The number of carbonyl (C=O) groups excluding carboxylic acids is 1. The zero-order chi connectivity index (χ0) is 18.6. The summed E-state index contributed by atoms with van der Waals surface area (Å²) in [6.45, 7) is 3.16. The fourth-order valence-electron chi connectivity index (χ4n) is 3.88. The van der Waals surface area contributed by atoms with Gasteiger partial charge in [0.25, 0.3) is 0 Å². The molecule has 140 valence electrons. The van der Waals surface area contributed by atoms with Crippen molar-refractivity contribution < 1.29 is 4.79 Å². The summed E-state index contributed by atoms with van der Waals surface area (Å²) in [6, 6.07) is 3.97. The third kappa shape index (κ3) is 3.49. The molecule has 0 spiro atoms. The molecule has 3 aromatic heterocycles. The van der Waals surface area contributed by atoms with E-state index in [1.807, 2.05) is 34.0 Å². The van der Waals surface area contributed by atoms with E-state index in [0.717, 1.165) is 54.9 Å². The first-order valence-electron chi connectivity index (χ1n) is 9.51. The molecule has 0 radical (unpaired) electrons. The lowest BCUT2D eigenvalue weighted by Gasteiger charge is -2.36. The van der Waals surface area contributed by atoms with Crippen LogP contribution in [-0.2, 0) is 17.8 Å². The Hall–Kier alpha value is -2.96. The van der Waals surface area contributed by atoms with Gasteiger partial charge in [0.15, 0.2) is 0 Å². The second-order valence-electron chi connectivity index (χ2n) is 6.86. The van der Waals surface area contributed by atoms with E-state index >= 15 is 0 Å². The van der Waals surface area contributed by atoms with Crippen molar-refractivity contribution in [3.8, 4) is 11.1 Å². The molecule has 3 aromatic rings. The van der Waals surface area contributed by atoms with Gasteiger partial charge in [0, 0.05) is 43.3 Å². The molecule has 1 aliphatic heterocycles. The predicted molar refractivity (Wildman–Crippen MR) is 102 cm³/mol. The highest BCUT2D eigenvalue weighted by molar-refractivity contribution is 5.77. The van der Waals surface area contributed by atoms with Crippen LogP contribution in [0.4, 0.5) is 0 Å². The maximum atomic E-state index is 13.1. The fourth-order valence-corrected chi connectivity index (χ4v) is 3.88. The van der Waals surface area contributed by atoms with E-state index in [1.165, 1.54) is 0 Å². The molecule has 0 aromatic carbocycles. The summed E-state index contributed by atoms with van der Waals surface area (Å²) in [6.07, 6.45) is 12.9. The van der Waals surface area contributed by atoms with Crippen LogP contribution in [-0.4, -0.2) is 42.1 Å². The molecule has 4 heterocycles. The third-order valence-corrected chi connectivity index (χ3v) is 5.24. The molecule has 1 amide bonds. The van der Waals surface area contributed by atoms with Crippen LogP contribution in [0.5, 0.6) is 0 Å². The van der Waals surface area contributed by atoms with Crippen LogP contribution in [0, 0.1) is 0 Å². The second-order valence-corrected chi connectivity index (χ2v) is 6.86. The Labute approximate surface area is 158 Å². The summed E-state index contributed by atoms with van der Waals surface area (Å²) in [5, 5.41) is 7.43. The Morgan fingerprint density at radius 2 is 2.11 bits per heavy atom. The number of aromatic amines is 1. The molecule has 0 aliphatic carbocycles. The van der Waals surface area contributed by atoms with Crippen molar-refractivity contribution >= 4 is 5.91 Å². The molecule has 0 unspecified atom stereocenters. The normalized spacial score (nSPS) is 17.2. The number of rotatable bonds is 5. The summed E-state index contributed by atoms with van der Waals surface area (Å²) < 4.78 is 1.95. The average molecular weight is 364 g/mol. The molecule has 1 atom stereocenters. The molecule has 0 saturated carbocycles. The smallest absolute Gasteiger partial charge is 0.243 e. The first-order valence-corrected chi connectivity index (χ1v) is 9.51. The maximum absolute atomic E-state index is 13.1. The molecular formula is C20H24N6O. The van der Waals surface area contributed by atoms with Crippen molar-refractivity contribution in [1.82, 2.24) is 29.6 Å². The lowest BCUT2D eigenvalue weighted by atomic mass is 9.95. The van der Waals surface area contributed by atoms with Gasteiger partial charge in [-0.05, 0) is 37.0 Å². The highest BCUT2D eigenvalue weighted by atomic mass is 16.2. The number of likely N-dealkylation sites (tertiary alicyclic amines) is 1. The number of carbonyl (C=O) groups is 1. The highest BCUT2D eigenvalue weighted by Gasteiger charge is 2.31. The van der Waals surface area contributed by atoms with Crippen molar-refractivity contribution in [3.63, 3.8) is 0 Å². The van der Waals surface area contributed by atoms with E-state index in [0.29, 0.717) is 6.54 Å². The number of hydrogen-bond donors (Lipinski definition) is 1. The first-order chi connectivity index (χ1) is 13.3. The minimum Gasteiger partial charge on any atom is -0.333 e. The Kier molecular flexibility index (Phi) is 5.00. The lowest BCUT2D eigenvalue weighted by Crippen LogP contribution is -2.40. The van der Waals surface area contributed by atoms with E-state index in [2.05, 4.69) is 27.1 Å². The Morgan fingerprint density at radius 1 is 1.26 bits per heavy atom. The Bertz CT molecular complexity index is 900. The van der Waals surface area contributed by atoms with Crippen molar-refractivity contribution in [2.45, 2.75) is 45.2 Å². The fraction of sp³-hybridized carbons (Fsp3) is 0.400. The molecule has 1 N–H and O–H groups in total. The number of aromatic nitrogens is 5. The standard InChI is InChI=1S/C20H24N6O/c1-2-18-22-10-12-25(18)14-19(27)26-11-4-3-5-17(26)20-16(13-23-24-20)15-6-8-21-9-7-15/h6-10,12-13,17H,2-5,11,14H2,1H3,(H,23,24)/t17-/m1/s1. The van der Waals surface area contributed by atoms with Crippen LogP contribution >= 0.6 is 0 Å². The minimum atomic E-state index is 0.0190.